The normalized spacial score (nSPS) is 14.8. The zero-order valence-corrected chi connectivity index (χ0v) is 17.3. The number of nitrogens with one attached hydrogen (secondary N) is 1. The number of nitrogens with zero attached hydrogens (tertiary/aromatic N) is 2. The van der Waals surface area contributed by atoms with Crippen LogP contribution in [0.2, 0.25) is 0 Å². The SMILES string of the molecule is COc1cc(/C=C2/NC(=O)N(C)C2=O)cc(I)c1OCc1ccccc1C#N. The van der Waals surface area contributed by atoms with Gasteiger partial charge in [0.2, 0.25) is 0 Å². The molecular weight excluding hydrogens is 473 g/mol. The van der Waals surface area contributed by atoms with Crippen LogP contribution in [-0.2, 0) is 11.4 Å². The molecule has 1 fully saturated rings. The summed E-state index contributed by atoms with van der Waals surface area (Å²) in [6, 6.07) is 12.4. The summed E-state index contributed by atoms with van der Waals surface area (Å²) in [6.07, 6.45) is 1.59. The molecule has 142 valence electrons. The van der Waals surface area contributed by atoms with Gasteiger partial charge < -0.3 is 14.8 Å². The van der Waals surface area contributed by atoms with E-state index in [0.29, 0.717) is 22.6 Å². The molecule has 0 aromatic heterocycles. The lowest BCUT2D eigenvalue weighted by molar-refractivity contribution is -0.121. The van der Waals surface area contributed by atoms with Gasteiger partial charge in [0.15, 0.2) is 11.5 Å². The molecule has 7 nitrogen and oxygen atoms in total. The average Bonchev–Trinajstić information content (AvgIpc) is 2.93. The van der Waals surface area contributed by atoms with E-state index >= 15 is 0 Å². The molecular formula is C20H16IN3O4. The molecule has 1 N–H and O–H groups in total. The van der Waals surface area contributed by atoms with Crippen molar-refractivity contribution in [2.24, 2.45) is 0 Å². The van der Waals surface area contributed by atoms with E-state index in [1.165, 1.54) is 14.2 Å². The van der Waals surface area contributed by atoms with E-state index in [4.69, 9.17) is 9.47 Å². The van der Waals surface area contributed by atoms with Crippen molar-refractivity contribution < 1.29 is 19.1 Å². The summed E-state index contributed by atoms with van der Waals surface area (Å²) in [5.74, 6) is 0.627. The number of halogens is 1. The van der Waals surface area contributed by atoms with Crippen molar-refractivity contribution in [3.05, 3.63) is 62.4 Å². The number of methoxy groups -OCH3 is 1. The van der Waals surface area contributed by atoms with Gasteiger partial charge in [-0.1, -0.05) is 18.2 Å². The van der Waals surface area contributed by atoms with Gasteiger partial charge in [0.25, 0.3) is 5.91 Å². The lowest BCUT2D eigenvalue weighted by Gasteiger charge is -2.14. The van der Waals surface area contributed by atoms with Gasteiger partial charge in [-0.15, -0.1) is 0 Å². The first-order chi connectivity index (χ1) is 13.4. The van der Waals surface area contributed by atoms with Crippen LogP contribution in [-0.4, -0.2) is 31.0 Å². The third-order valence-corrected chi connectivity index (χ3v) is 4.96. The lowest BCUT2D eigenvalue weighted by atomic mass is 10.1. The molecule has 3 rings (SSSR count). The summed E-state index contributed by atoms with van der Waals surface area (Å²) in [6.45, 7) is 0.218. The van der Waals surface area contributed by atoms with Gasteiger partial charge in [-0.2, -0.15) is 5.26 Å². The Morgan fingerprint density at radius 3 is 2.68 bits per heavy atom. The summed E-state index contributed by atoms with van der Waals surface area (Å²) in [7, 11) is 2.94. The highest BCUT2D eigenvalue weighted by atomic mass is 127. The van der Waals surface area contributed by atoms with Gasteiger partial charge in [0.05, 0.1) is 22.3 Å². The van der Waals surface area contributed by atoms with E-state index < -0.39 is 11.9 Å². The van der Waals surface area contributed by atoms with Gasteiger partial charge in [0.1, 0.15) is 12.3 Å². The maximum absolute atomic E-state index is 12.0. The van der Waals surface area contributed by atoms with Crippen molar-refractivity contribution in [2.45, 2.75) is 6.61 Å². The largest absolute Gasteiger partial charge is 0.493 e. The minimum Gasteiger partial charge on any atom is -0.493 e. The predicted molar refractivity (Wildman–Crippen MR) is 110 cm³/mol. The van der Waals surface area contributed by atoms with Crippen molar-refractivity contribution in [1.29, 1.82) is 5.26 Å². The quantitative estimate of drug-likeness (QED) is 0.396. The van der Waals surface area contributed by atoms with Crippen molar-refractivity contribution in [3.63, 3.8) is 0 Å². The Morgan fingerprint density at radius 1 is 1.29 bits per heavy atom. The molecule has 0 aliphatic carbocycles. The first kappa shape index (κ1) is 19.7. The predicted octanol–water partition coefficient (Wildman–Crippen LogP) is 3.27. The Balaban J connectivity index is 1.87. The highest BCUT2D eigenvalue weighted by molar-refractivity contribution is 14.1. The van der Waals surface area contributed by atoms with Crippen LogP contribution in [0.15, 0.2) is 42.1 Å². The second-order valence-corrected chi connectivity index (χ2v) is 7.11. The number of hydrogen-bond donors (Lipinski definition) is 1. The Labute approximate surface area is 175 Å². The molecule has 0 saturated carbocycles. The van der Waals surface area contributed by atoms with Crippen molar-refractivity contribution in [1.82, 2.24) is 10.2 Å². The van der Waals surface area contributed by atoms with Crippen LogP contribution in [0.25, 0.3) is 6.08 Å². The molecule has 3 amide bonds. The topological polar surface area (TPSA) is 91.7 Å². The van der Waals surface area contributed by atoms with Crippen molar-refractivity contribution in [3.8, 4) is 17.6 Å². The van der Waals surface area contributed by atoms with Crippen LogP contribution in [0.4, 0.5) is 4.79 Å². The van der Waals surface area contributed by atoms with Crippen LogP contribution in [0, 0.1) is 14.9 Å². The molecule has 0 unspecified atom stereocenters. The molecule has 8 heteroatoms. The Kier molecular flexibility index (Phi) is 5.84. The summed E-state index contributed by atoms with van der Waals surface area (Å²) in [4.78, 5) is 24.6. The first-order valence-electron chi connectivity index (χ1n) is 8.23. The number of hydrogen-bond acceptors (Lipinski definition) is 5. The van der Waals surface area contributed by atoms with Crippen LogP contribution in [0.5, 0.6) is 11.5 Å². The van der Waals surface area contributed by atoms with E-state index in [-0.39, 0.29) is 12.3 Å². The van der Waals surface area contributed by atoms with Gasteiger partial charge in [0, 0.05) is 12.6 Å². The third-order valence-electron chi connectivity index (χ3n) is 4.15. The number of rotatable bonds is 5. The second-order valence-electron chi connectivity index (χ2n) is 5.94. The van der Waals surface area contributed by atoms with E-state index in [1.807, 2.05) is 18.2 Å². The zero-order chi connectivity index (χ0) is 20.3. The molecule has 0 bridgehead atoms. The number of carbonyl (C=O) groups is 2. The first-order valence-corrected chi connectivity index (χ1v) is 9.31. The summed E-state index contributed by atoms with van der Waals surface area (Å²) < 4.78 is 12.1. The molecule has 28 heavy (non-hydrogen) atoms. The van der Waals surface area contributed by atoms with Gasteiger partial charge in [-0.05, 0) is 52.4 Å². The van der Waals surface area contributed by atoms with Crippen molar-refractivity contribution >= 4 is 40.6 Å². The highest BCUT2D eigenvalue weighted by Crippen LogP contribution is 2.35. The van der Waals surface area contributed by atoms with E-state index in [9.17, 15) is 14.9 Å². The number of ether oxygens (including phenoxy) is 2. The van der Waals surface area contributed by atoms with E-state index in [2.05, 4.69) is 34.0 Å². The van der Waals surface area contributed by atoms with Crippen molar-refractivity contribution in [2.75, 3.05) is 14.2 Å². The third kappa shape index (κ3) is 3.94. The van der Waals surface area contributed by atoms with Crippen LogP contribution < -0.4 is 14.8 Å². The number of amides is 3. The molecule has 1 saturated heterocycles. The Morgan fingerprint density at radius 2 is 2.04 bits per heavy atom. The zero-order valence-electron chi connectivity index (χ0n) is 15.2. The van der Waals surface area contributed by atoms with Gasteiger partial charge >= 0.3 is 6.03 Å². The monoisotopic (exact) mass is 489 g/mol. The highest BCUT2D eigenvalue weighted by Gasteiger charge is 2.30. The number of benzene rings is 2. The van der Waals surface area contributed by atoms with E-state index in [1.54, 1.807) is 24.3 Å². The minimum absolute atomic E-state index is 0.196. The molecule has 0 atom stereocenters. The second kappa shape index (κ2) is 8.31. The van der Waals surface area contributed by atoms with Crippen LogP contribution in [0.1, 0.15) is 16.7 Å². The molecule has 1 aliphatic heterocycles. The Bertz CT molecular complexity index is 1030. The summed E-state index contributed by atoms with van der Waals surface area (Å²) in [5.41, 5.74) is 2.21. The fourth-order valence-corrected chi connectivity index (χ4v) is 3.44. The standard InChI is InChI=1S/C20H16IN3O4/c1-24-19(25)16(23-20(24)26)8-12-7-15(21)18(17(9-12)27-2)28-11-14-6-4-3-5-13(14)10-22/h3-9H,11H2,1-2H3,(H,23,26)/b16-8+. The van der Waals surface area contributed by atoms with Crippen LogP contribution >= 0.6 is 22.6 Å². The number of likely N-dealkylation sites (N-methyl/N-ethyl adjacent to an activating group) is 1. The summed E-state index contributed by atoms with van der Waals surface area (Å²) >= 11 is 2.11. The van der Waals surface area contributed by atoms with Gasteiger partial charge in [-0.3, -0.25) is 9.69 Å². The fourth-order valence-electron chi connectivity index (χ4n) is 2.66. The molecule has 0 radical (unpaired) electrons. The minimum atomic E-state index is -0.464. The summed E-state index contributed by atoms with van der Waals surface area (Å²) in [5, 5.41) is 11.7. The smallest absolute Gasteiger partial charge is 0.328 e. The molecule has 0 spiro atoms. The number of imide groups is 1. The van der Waals surface area contributed by atoms with E-state index in [0.717, 1.165) is 14.0 Å². The number of urea groups is 1. The molecule has 1 aliphatic rings. The maximum atomic E-state index is 12.0. The maximum Gasteiger partial charge on any atom is 0.328 e. The average molecular weight is 489 g/mol. The molecule has 1 heterocycles. The Hall–Kier alpha value is -3.06. The van der Waals surface area contributed by atoms with Gasteiger partial charge in [-0.25, -0.2) is 4.79 Å². The lowest BCUT2D eigenvalue weighted by Crippen LogP contribution is -2.25. The number of carbonyl (C=O) groups excluding carboxylic acids is 2. The molecule has 2 aromatic carbocycles. The molecule has 2 aromatic rings. The fraction of sp³-hybridized carbons (Fsp3) is 0.150. The van der Waals surface area contributed by atoms with Crippen LogP contribution in [0.3, 0.4) is 0 Å². The number of nitriles is 1.